The summed E-state index contributed by atoms with van der Waals surface area (Å²) < 4.78 is 35.2. The quantitative estimate of drug-likeness (QED) is 0.0464. The molecule has 0 saturated heterocycles. The van der Waals surface area contributed by atoms with Crippen molar-refractivity contribution in [1.29, 1.82) is 0 Å². The fraction of sp³-hybridized carbons (Fsp3) is 1.00. The number of hydrogen-bond donors (Lipinski definition) is 0. The van der Waals surface area contributed by atoms with Gasteiger partial charge in [0.15, 0.2) is 0 Å². The monoisotopic (exact) mass is 733 g/mol. The number of hydrogen-bond acceptors (Lipinski definition) is 3. The molecule has 0 atom stereocenters. The van der Waals surface area contributed by atoms with Gasteiger partial charge in [-0.2, -0.15) is 0 Å². The molecule has 0 aromatic heterocycles. The molecule has 0 unspecified atom stereocenters. The van der Waals surface area contributed by atoms with Crippen LogP contribution in [0.2, 0.25) is 0 Å². The molecule has 0 aliphatic heterocycles. The number of rotatable bonds is 41. The molecule has 0 aromatic carbocycles. The third kappa shape index (κ3) is 28.5. The smallest absolute Gasteiger partial charge is 0.0654 e. The summed E-state index contributed by atoms with van der Waals surface area (Å²) in [6.07, 6.45) is 47.2. The van der Waals surface area contributed by atoms with Crippen LogP contribution in [-0.2, 0) is 14.1 Å². The van der Waals surface area contributed by atoms with Crippen LogP contribution in [0.5, 0.6) is 0 Å². The van der Waals surface area contributed by atoms with Gasteiger partial charge in [-0.15, -0.1) is 0 Å². The minimum atomic E-state index is -3.54. The van der Waals surface area contributed by atoms with E-state index in [0.29, 0.717) is 0 Å². The van der Waals surface area contributed by atoms with Crippen LogP contribution in [0, 0.1) is 0 Å². The van der Waals surface area contributed by atoms with Gasteiger partial charge in [-0.1, -0.05) is 26.7 Å². The Labute approximate surface area is 311 Å². The molecule has 0 spiro atoms. The first kappa shape index (κ1) is 49.3. The summed E-state index contributed by atoms with van der Waals surface area (Å²) in [5.74, 6) is 0.235. The van der Waals surface area contributed by atoms with Crippen molar-refractivity contribution in [1.82, 2.24) is 0 Å². The molecular formula is C44H93O3PS. The zero-order chi connectivity index (χ0) is 36.2. The SMILES string of the molecule is CCCCCCCCCCCCCCP(CCCCCC)(CCCCCC)(CCCCCC)OS(=O)(=O)CCCCCCCCCCCC. The standard InChI is InChI=1S/C44H93O3PS/c1-6-11-16-21-23-25-27-28-29-31-33-38-43-48(40-35-18-13-8-3,41-36-19-14-9-4,42-37-20-15-10-5)47-49(45,46)44-39-34-32-30-26-24-22-17-12-7-2/h6-44H2,1-5H3. The fourth-order valence-corrected chi connectivity index (χ4v) is 18.2. The van der Waals surface area contributed by atoms with Gasteiger partial charge in [-0.3, -0.25) is 0 Å². The molecule has 3 nitrogen and oxygen atoms in total. The molecule has 0 fully saturated rings. The van der Waals surface area contributed by atoms with Crippen LogP contribution in [0.4, 0.5) is 0 Å². The Hall–Kier alpha value is 0.340. The molecule has 0 N–H and O–H groups in total. The normalized spacial score (nSPS) is 13.2. The van der Waals surface area contributed by atoms with Gasteiger partial charge in [0, 0.05) is 0 Å². The zero-order valence-electron chi connectivity index (χ0n) is 34.7. The average Bonchev–Trinajstić information content (AvgIpc) is 3.08. The average molecular weight is 733 g/mol. The maximum atomic E-state index is 14.1. The second-order valence-electron chi connectivity index (χ2n) is 16.3. The van der Waals surface area contributed by atoms with Crippen LogP contribution in [0.25, 0.3) is 0 Å². The molecule has 0 radical (unpaired) electrons. The first-order chi connectivity index (χ1) is 23.8. The van der Waals surface area contributed by atoms with Crippen LogP contribution in [0.1, 0.15) is 253 Å². The van der Waals surface area contributed by atoms with E-state index in [4.69, 9.17) is 3.97 Å². The molecule has 5 heteroatoms. The summed E-state index contributed by atoms with van der Waals surface area (Å²) in [4.78, 5) is 0. The third-order valence-electron chi connectivity index (χ3n) is 11.4. The van der Waals surface area contributed by atoms with E-state index in [9.17, 15) is 8.42 Å². The Morgan fingerprint density at radius 3 is 0.776 bits per heavy atom. The Bertz CT molecular complexity index is 749. The van der Waals surface area contributed by atoms with Crippen molar-refractivity contribution in [3.63, 3.8) is 0 Å². The molecule has 0 heterocycles. The fourth-order valence-electron chi connectivity index (χ4n) is 8.11. The minimum Gasteiger partial charge on any atom is -0.0654 e. The molecule has 49 heavy (non-hydrogen) atoms. The minimum absolute atomic E-state index is 0.235. The van der Waals surface area contributed by atoms with Gasteiger partial charge in [0.05, 0.1) is 0 Å². The summed E-state index contributed by atoms with van der Waals surface area (Å²) in [5.41, 5.74) is 0. The first-order valence-electron chi connectivity index (χ1n) is 22.8. The zero-order valence-corrected chi connectivity index (χ0v) is 36.4. The van der Waals surface area contributed by atoms with Gasteiger partial charge in [0.1, 0.15) is 0 Å². The summed E-state index contributed by atoms with van der Waals surface area (Å²) >= 11 is 0. The molecule has 0 aliphatic rings. The van der Waals surface area contributed by atoms with Gasteiger partial charge in [0.25, 0.3) is 0 Å². The first-order valence-corrected chi connectivity index (χ1v) is 27.2. The third-order valence-corrected chi connectivity index (χ3v) is 20.6. The maximum absolute atomic E-state index is 14.1. The summed E-state index contributed by atoms with van der Waals surface area (Å²) in [7, 11) is -3.54. The Balaban J connectivity index is 5.59. The summed E-state index contributed by atoms with van der Waals surface area (Å²) in [6, 6.07) is 0. The van der Waals surface area contributed by atoms with E-state index in [1.165, 1.54) is 173 Å². The molecule has 0 rings (SSSR count). The molecule has 0 aromatic rings. The van der Waals surface area contributed by atoms with E-state index in [2.05, 4.69) is 34.6 Å². The van der Waals surface area contributed by atoms with Crippen molar-refractivity contribution in [2.75, 3.05) is 30.4 Å². The van der Waals surface area contributed by atoms with Gasteiger partial charge in [-0.05, 0) is 0 Å². The van der Waals surface area contributed by atoms with Crippen LogP contribution >= 0.6 is 6.83 Å². The van der Waals surface area contributed by atoms with Crippen LogP contribution in [0.15, 0.2) is 0 Å². The molecule has 0 saturated carbocycles. The topological polar surface area (TPSA) is 43.4 Å². The van der Waals surface area contributed by atoms with Crippen LogP contribution in [0.3, 0.4) is 0 Å². The predicted molar refractivity (Wildman–Crippen MR) is 227 cm³/mol. The molecule has 298 valence electrons. The van der Waals surface area contributed by atoms with Crippen molar-refractivity contribution in [2.45, 2.75) is 253 Å². The van der Waals surface area contributed by atoms with Crippen molar-refractivity contribution < 1.29 is 12.4 Å². The van der Waals surface area contributed by atoms with Crippen LogP contribution in [-0.4, -0.2) is 38.8 Å². The van der Waals surface area contributed by atoms with E-state index in [1.807, 2.05) is 0 Å². The van der Waals surface area contributed by atoms with Crippen molar-refractivity contribution in [3.8, 4) is 0 Å². The molecule has 0 bridgehead atoms. The number of unbranched alkanes of at least 4 members (excludes halogenated alkanes) is 29. The van der Waals surface area contributed by atoms with Crippen LogP contribution < -0.4 is 0 Å². The van der Waals surface area contributed by atoms with Gasteiger partial charge in [-0.25, -0.2) is 0 Å². The molecule has 0 aliphatic carbocycles. The summed E-state index contributed by atoms with van der Waals surface area (Å²) in [5, 5.41) is 0. The molecular weight excluding hydrogens is 640 g/mol. The van der Waals surface area contributed by atoms with Crippen molar-refractivity contribution in [2.24, 2.45) is 0 Å². The second-order valence-corrected chi connectivity index (χ2v) is 24.0. The van der Waals surface area contributed by atoms with E-state index < -0.39 is 16.9 Å². The van der Waals surface area contributed by atoms with Gasteiger partial charge < -0.3 is 0 Å². The Morgan fingerprint density at radius 2 is 0.510 bits per heavy atom. The second kappa shape index (κ2) is 34.1. The molecule has 0 amide bonds. The Kier molecular flexibility index (Phi) is 34.4. The predicted octanol–water partition coefficient (Wildman–Crippen LogP) is 16.2. The van der Waals surface area contributed by atoms with E-state index in [0.717, 1.165) is 69.6 Å². The van der Waals surface area contributed by atoms with Gasteiger partial charge >= 0.3 is 286 Å². The Morgan fingerprint density at radius 1 is 0.306 bits per heavy atom. The van der Waals surface area contributed by atoms with Crippen molar-refractivity contribution >= 4 is 16.9 Å². The van der Waals surface area contributed by atoms with E-state index in [1.54, 1.807) is 0 Å². The summed E-state index contributed by atoms with van der Waals surface area (Å²) in [6.45, 7) is 8.50. The van der Waals surface area contributed by atoms with Crippen molar-refractivity contribution in [3.05, 3.63) is 0 Å². The van der Waals surface area contributed by atoms with E-state index >= 15 is 0 Å². The van der Waals surface area contributed by atoms with Gasteiger partial charge in [0.2, 0.25) is 0 Å². The van der Waals surface area contributed by atoms with E-state index in [-0.39, 0.29) is 5.75 Å².